The molecule has 0 unspecified atom stereocenters. The van der Waals surface area contributed by atoms with Crippen LogP contribution in [0.5, 0.6) is 0 Å². The molecule has 1 aromatic carbocycles. The van der Waals surface area contributed by atoms with E-state index in [4.69, 9.17) is 0 Å². The molecule has 0 radical (unpaired) electrons. The molecular weight excluding hydrogens is 320 g/mol. The predicted molar refractivity (Wildman–Crippen MR) is 92.1 cm³/mol. The first kappa shape index (κ1) is 17.0. The second kappa shape index (κ2) is 6.96. The van der Waals surface area contributed by atoms with Gasteiger partial charge in [-0.15, -0.1) is 0 Å². The molecule has 132 valence electrons. The lowest BCUT2D eigenvalue weighted by atomic mass is 10.0. The molecule has 1 aliphatic rings. The molecule has 0 saturated heterocycles. The molecule has 2 heterocycles. The fourth-order valence-corrected chi connectivity index (χ4v) is 3.05. The number of carboxylic acid groups (broad SMARTS) is 1. The zero-order valence-electron chi connectivity index (χ0n) is 14.3. The van der Waals surface area contributed by atoms with Gasteiger partial charge in [-0.3, -0.25) is 0 Å². The summed E-state index contributed by atoms with van der Waals surface area (Å²) in [5.74, 6) is -1.01. The SMILES string of the molecule is CC(C)NC(=O)N1Cc2c(ncn2Cc2ccccc2)C[C@H]1C(=O)O. The van der Waals surface area contributed by atoms with Crippen LogP contribution in [0.15, 0.2) is 36.7 Å². The standard InChI is InChI=1S/C18H22N4O3/c1-12(2)20-18(25)22-10-16-14(8-15(22)17(23)24)19-11-21(16)9-13-6-4-3-5-7-13/h3-7,11-12,15H,8-10H2,1-2H3,(H,20,25)(H,23,24)/t15-/m0/s1. The molecule has 2 amide bonds. The molecule has 0 fully saturated rings. The molecule has 1 aromatic heterocycles. The summed E-state index contributed by atoms with van der Waals surface area (Å²) in [5.41, 5.74) is 2.76. The van der Waals surface area contributed by atoms with E-state index in [0.29, 0.717) is 6.54 Å². The number of hydrogen-bond donors (Lipinski definition) is 2. The topological polar surface area (TPSA) is 87.5 Å². The number of nitrogens with zero attached hydrogens (tertiary/aromatic N) is 3. The molecule has 1 atom stereocenters. The molecule has 7 nitrogen and oxygen atoms in total. The number of urea groups is 1. The smallest absolute Gasteiger partial charge is 0.326 e. The number of aliphatic carboxylic acids is 1. The highest BCUT2D eigenvalue weighted by atomic mass is 16.4. The predicted octanol–water partition coefficient (Wildman–Crippen LogP) is 1.86. The maximum absolute atomic E-state index is 12.4. The third-order valence-corrected chi connectivity index (χ3v) is 4.27. The first-order valence-corrected chi connectivity index (χ1v) is 8.32. The Morgan fingerprint density at radius 3 is 2.68 bits per heavy atom. The first-order valence-electron chi connectivity index (χ1n) is 8.32. The molecule has 0 aliphatic carbocycles. The number of carbonyl (C=O) groups is 2. The number of fused-ring (bicyclic) bond motifs is 1. The zero-order valence-corrected chi connectivity index (χ0v) is 14.3. The fraction of sp³-hybridized carbons (Fsp3) is 0.389. The van der Waals surface area contributed by atoms with E-state index in [1.807, 2.05) is 48.7 Å². The van der Waals surface area contributed by atoms with E-state index in [0.717, 1.165) is 17.0 Å². The van der Waals surface area contributed by atoms with Crippen LogP contribution in [0.1, 0.15) is 30.8 Å². The van der Waals surface area contributed by atoms with Gasteiger partial charge in [0.2, 0.25) is 0 Å². The van der Waals surface area contributed by atoms with Gasteiger partial charge in [-0.05, 0) is 19.4 Å². The Morgan fingerprint density at radius 2 is 2.04 bits per heavy atom. The van der Waals surface area contributed by atoms with Gasteiger partial charge in [-0.1, -0.05) is 30.3 Å². The van der Waals surface area contributed by atoms with Crippen molar-refractivity contribution in [3.05, 3.63) is 53.6 Å². The average Bonchev–Trinajstić information content (AvgIpc) is 2.96. The van der Waals surface area contributed by atoms with Crippen molar-refractivity contribution >= 4 is 12.0 Å². The zero-order chi connectivity index (χ0) is 18.0. The Balaban J connectivity index is 1.87. The number of rotatable bonds is 4. The molecule has 0 saturated carbocycles. The minimum atomic E-state index is -1.01. The van der Waals surface area contributed by atoms with Crippen molar-refractivity contribution in [3.8, 4) is 0 Å². The third kappa shape index (κ3) is 3.65. The van der Waals surface area contributed by atoms with Gasteiger partial charge in [0, 0.05) is 19.0 Å². The van der Waals surface area contributed by atoms with E-state index in [1.165, 1.54) is 4.90 Å². The first-order chi connectivity index (χ1) is 12.0. The van der Waals surface area contributed by atoms with Crippen LogP contribution in [0.3, 0.4) is 0 Å². The van der Waals surface area contributed by atoms with E-state index < -0.39 is 12.0 Å². The lowest BCUT2D eigenvalue weighted by Crippen LogP contribution is -2.53. The highest BCUT2D eigenvalue weighted by Gasteiger charge is 2.37. The quantitative estimate of drug-likeness (QED) is 0.888. The summed E-state index contributed by atoms with van der Waals surface area (Å²) < 4.78 is 1.98. The maximum atomic E-state index is 12.4. The fourth-order valence-electron chi connectivity index (χ4n) is 3.05. The molecule has 3 rings (SSSR count). The molecule has 7 heteroatoms. The summed E-state index contributed by atoms with van der Waals surface area (Å²) in [4.78, 5) is 29.8. The van der Waals surface area contributed by atoms with Crippen LogP contribution in [0.25, 0.3) is 0 Å². The minimum Gasteiger partial charge on any atom is -0.480 e. The third-order valence-electron chi connectivity index (χ3n) is 4.27. The number of nitrogens with one attached hydrogen (secondary N) is 1. The van der Waals surface area contributed by atoms with Gasteiger partial charge in [-0.25, -0.2) is 14.6 Å². The van der Waals surface area contributed by atoms with Crippen LogP contribution in [0.2, 0.25) is 0 Å². The Morgan fingerprint density at radius 1 is 1.32 bits per heavy atom. The summed E-state index contributed by atoms with van der Waals surface area (Å²) in [6, 6.07) is 8.65. The largest absolute Gasteiger partial charge is 0.480 e. The van der Waals surface area contributed by atoms with Crippen molar-refractivity contribution in [1.29, 1.82) is 0 Å². The summed E-state index contributed by atoms with van der Waals surface area (Å²) in [5, 5.41) is 12.3. The van der Waals surface area contributed by atoms with E-state index >= 15 is 0 Å². The van der Waals surface area contributed by atoms with Crippen molar-refractivity contribution in [2.24, 2.45) is 0 Å². The monoisotopic (exact) mass is 342 g/mol. The molecular formula is C18H22N4O3. The van der Waals surface area contributed by atoms with Crippen molar-refractivity contribution in [2.45, 2.75) is 45.4 Å². The molecule has 2 aromatic rings. The summed E-state index contributed by atoms with van der Waals surface area (Å²) >= 11 is 0. The van der Waals surface area contributed by atoms with E-state index in [1.54, 1.807) is 6.33 Å². The lowest BCUT2D eigenvalue weighted by Gasteiger charge is -2.33. The Kier molecular flexibility index (Phi) is 4.74. The van der Waals surface area contributed by atoms with Gasteiger partial charge in [0.1, 0.15) is 6.04 Å². The van der Waals surface area contributed by atoms with E-state index in [9.17, 15) is 14.7 Å². The number of hydrogen-bond acceptors (Lipinski definition) is 3. The van der Waals surface area contributed by atoms with Crippen LogP contribution in [-0.2, 0) is 24.3 Å². The molecule has 1 aliphatic heterocycles. The highest BCUT2D eigenvalue weighted by Crippen LogP contribution is 2.24. The summed E-state index contributed by atoms with van der Waals surface area (Å²) in [7, 11) is 0. The maximum Gasteiger partial charge on any atom is 0.326 e. The second-order valence-corrected chi connectivity index (χ2v) is 6.54. The Labute approximate surface area is 146 Å². The summed E-state index contributed by atoms with van der Waals surface area (Å²) in [6.45, 7) is 4.57. The van der Waals surface area contributed by atoms with Gasteiger partial charge in [0.05, 0.1) is 24.3 Å². The van der Waals surface area contributed by atoms with Crippen molar-refractivity contribution in [3.63, 3.8) is 0 Å². The van der Waals surface area contributed by atoms with Gasteiger partial charge >= 0.3 is 12.0 Å². The average molecular weight is 342 g/mol. The number of carboxylic acids is 1. The lowest BCUT2D eigenvalue weighted by molar-refractivity contribution is -0.142. The number of aromatic nitrogens is 2. The van der Waals surface area contributed by atoms with Crippen molar-refractivity contribution in [2.75, 3.05) is 0 Å². The van der Waals surface area contributed by atoms with Crippen LogP contribution in [0, 0.1) is 0 Å². The van der Waals surface area contributed by atoms with Gasteiger partial charge in [0.25, 0.3) is 0 Å². The molecule has 25 heavy (non-hydrogen) atoms. The van der Waals surface area contributed by atoms with Crippen LogP contribution < -0.4 is 5.32 Å². The molecule has 2 N–H and O–H groups in total. The Hall–Kier alpha value is -2.83. The van der Waals surface area contributed by atoms with Gasteiger partial charge < -0.3 is 19.9 Å². The Bertz CT molecular complexity index is 770. The van der Waals surface area contributed by atoms with Crippen molar-refractivity contribution in [1.82, 2.24) is 19.8 Å². The normalized spacial score (nSPS) is 16.6. The molecule has 0 bridgehead atoms. The number of benzene rings is 1. The van der Waals surface area contributed by atoms with Crippen LogP contribution in [0.4, 0.5) is 4.79 Å². The van der Waals surface area contributed by atoms with E-state index in [-0.39, 0.29) is 25.0 Å². The van der Waals surface area contributed by atoms with Crippen LogP contribution in [-0.4, -0.2) is 43.6 Å². The number of imidazole rings is 1. The van der Waals surface area contributed by atoms with Crippen molar-refractivity contribution < 1.29 is 14.7 Å². The minimum absolute atomic E-state index is 0.0578. The molecule has 0 spiro atoms. The number of amides is 2. The summed E-state index contributed by atoms with van der Waals surface area (Å²) in [6.07, 6.45) is 1.94. The van der Waals surface area contributed by atoms with Gasteiger partial charge in [-0.2, -0.15) is 0 Å². The van der Waals surface area contributed by atoms with Crippen LogP contribution >= 0.6 is 0 Å². The van der Waals surface area contributed by atoms with E-state index in [2.05, 4.69) is 10.3 Å². The van der Waals surface area contributed by atoms with Gasteiger partial charge in [0.15, 0.2) is 0 Å². The highest BCUT2D eigenvalue weighted by molar-refractivity contribution is 5.83. The second-order valence-electron chi connectivity index (χ2n) is 6.54. The number of carbonyl (C=O) groups excluding carboxylic acids is 1.